The summed E-state index contributed by atoms with van der Waals surface area (Å²) in [7, 11) is 0. The van der Waals surface area contributed by atoms with Crippen LogP contribution in [-0.2, 0) is 11.3 Å². The van der Waals surface area contributed by atoms with Gasteiger partial charge >= 0.3 is 6.03 Å². The Labute approximate surface area is 148 Å². The number of hydrogen-bond donors (Lipinski definition) is 1. The quantitative estimate of drug-likeness (QED) is 0.908. The molecule has 132 valence electrons. The molecule has 5 nitrogen and oxygen atoms in total. The maximum Gasteiger partial charge on any atom is 0.317 e. The lowest BCUT2D eigenvalue weighted by atomic mass is 10.0. The maximum absolute atomic E-state index is 12.5. The van der Waals surface area contributed by atoms with Gasteiger partial charge in [0.2, 0.25) is 5.91 Å². The summed E-state index contributed by atoms with van der Waals surface area (Å²) in [6.45, 7) is 3.38. The van der Waals surface area contributed by atoms with Crippen LogP contribution in [0.2, 0.25) is 0 Å². The van der Waals surface area contributed by atoms with E-state index in [4.69, 9.17) is 0 Å². The maximum atomic E-state index is 12.5. The van der Waals surface area contributed by atoms with Gasteiger partial charge < -0.3 is 15.1 Å². The molecule has 1 aromatic rings. The third-order valence-corrected chi connectivity index (χ3v) is 5.94. The number of nitrogens with zero attached hydrogens (tertiary/aromatic N) is 2. The summed E-state index contributed by atoms with van der Waals surface area (Å²) < 4.78 is 0. The lowest BCUT2D eigenvalue weighted by Crippen LogP contribution is -2.42. The van der Waals surface area contributed by atoms with Crippen LogP contribution in [0.3, 0.4) is 0 Å². The second-order valence-electron chi connectivity index (χ2n) is 6.81. The third-order valence-electron chi connectivity index (χ3n) is 5.07. The molecule has 0 radical (unpaired) electrons. The molecule has 0 spiro atoms. The van der Waals surface area contributed by atoms with E-state index in [9.17, 15) is 9.59 Å². The Bertz CT molecular complexity index is 540. The standard InChI is InChI=1S/C18H27N3O2S/c22-17(13-15-5-1-2-6-15)20-8-4-9-21(11-10-20)18(23)19-14-16-7-3-12-24-16/h3,7,12,15H,1-2,4-6,8-11,13-14H2,(H,19,23). The largest absolute Gasteiger partial charge is 0.341 e. The zero-order valence-corrected chi connectivity index (χ0v) is 15.0. The molecule has 1 aliphatic carbocycles. The second kappa shape index (κ2) is 8.51. The van der Waals surface area contributed by atoms with Crippen molar-refractivity contribution in [2.24, 2.45) is 5.92 Å². The molecule has 1 saturated carbocycles. The highest BCUT2D eigenvalue weighted by molar-refractivity contribution is 7.09. The molecule has 0 atom stereocenters. The first-order valence-corrected chi connectivity index (χ1v) is 9.93. The van der Waals surface area contributed by atoms with Crippen molar-refractivity contribution in [3.8, 4) is 0 Å². The highest BCUT2D eigenvalue weighted by Crippen LogP contribution is 2.28. The molecule has 2 aliphatic rings. The minimum Gasteiger partial charge on any atom is -0.341 e. The summed E-state index contributed by atoms with van der Waals surface area (Å²) in [5.41, 5.74) is 0. The number of carbonyl (C=O) groups is 2. The van der Waals surface area contributed by atoms with Gasteiger partial charge in [0.05, 0.1) is 6.54 Å². The smallest absolute Gasteiger partial charge is 0.317 e. The van der Waals surface area contributed by atoms with E-state index in [-0.39, 0.29) is 11.9 Å². The van der Waals surface area contributed by atoms with E-state index in [1.807, 2.05) is 27.3 Å². The van der Waals surface area contributed by atoms with Gasteiger partial charge in [-0.2, -0.15) is 0 Å². The molecule has 0 bridgehead atoms. The summed E-state index contributed by atoms with van der Waals surface area (Å²) in [6.07, 6.45) is 6.52. The first-order chi connectivity index (χ1) is 11.7. The van der Waals surface area contributed by atoms with Gasteiger partial charge in [-0.25, -0.2) is 4.79 Å². The SMILES string of the molecule is O=C(CC1CCCC1)N1CCCN(C(=O)NCc2cccs2)CC1. The Hall–Kier alpha value is -1.56. The van der Waals surface area contributed by atoms with Crippen molar-refractivity contribution in [2.45, 2.75) is 45.1 Å². The van der Waals surface area contributed by atoms with E-state index < -0.39 is 0 Å². The minimum absolute atomic E-state index is 0.0199. The molecule has 0 unspecified atom stereocenters. The number of urea groups is 1. The normalized spacial score (nSPS) is 19.3. The van der Waals surface area contributed by atoms with Crippen LogP contribution in [0, 0.1) is 5.92 Å². The van der Waals surface area contributed by atoms with E-state index in [1.165, 1.54) is 25.7 Å². The lowest BCUT2D eigenvalue weighted by Gasteiger charge is -2.23. The molecular weight excluding hydrogens is 322 g/mol. The van der Waals surface area contributed by atoms with E-state index in [1.54, 1.807) is 11.3 Å². The molecular formula is C18H27N3O2S. The van der Waals surface area contributed by atoms with Gasteiger partial charge in [-0.1, -0.05) is 18.9 Å². The van der Waals surface area contributed by atoms with Crippen LogP contribution >= 0.6 is 11.3 Å². The van der Waals surface area contributed by atoms with Crippen LogP contribution in [0.4, 0.5) is 4.79 Å². The number of nitrogens with one attached hydrogen (secondary N) is 1. The van der Waals surface area contributed by atoms with Crippen molar-refractivity contribution in [3.63, 3.8) is 0 Å². The second-order valence-corrected chi connectivity index (χ2v) is 7.85. The summed E-state index contributed by atoms with van der Waals surface area (Å²) in [5.74, 6) is 0.869. The molecule has 1 aliphatic heterocycles. The molecule has 3 rings (SSSR count). The molecule has 2 fully saturated rings. The Morgan fingerprint density at radius 1 is 1.08 bits per heavy atom. The number of carbonyl (C=O) groups excluding carboxylic acids is 2. The summed E-state index contributed by atoms with van der Waals surface area (Å²) in [6, 6.07) is 4.00. The molecule has 2 heterocycles. The van der Waals surface area contributed by atoms with Crippen molar-refractivity contribution in [1.82, 2.24) is 15.1 Å². The van der Waals surface area contributed by atoms with Crippen LogP contribution in [0.1, 0.15) is 43.4 Å². The van der Waals surface area contributed by atoms with Crippen molar-refractivity contribution in [1.29, 1.82) is 0 Å². The first-order valence-electron chi connectivity index (χ1n) is 9.05. The van der Waals surface area contributed by atoms with Gasteiger partial charge in [0, 0.05) is 37.5 Å². The average molecular weight is 350 g/mol. The van der Waals surface area contributed by atoms with E-state index in [2.05, 4.69) is 5.32 Å². The average Bonchev–Trinajstić information content (AvgIpc) is 3.22. The molecule has 1 saturated heterocycles. The van der Waals surface area contributed by atoms with Crippen molar-refractivity contribution in [2.75, 3.05) is 26.2 Å². The Morgan fingerprint density at radius 2 is 1.83 bits per heavy atom. The van der Waals surface area contributed by atoms with Crippen LogP contribution in [0.25, 0.3) is 0 Å². The molecule has 0 aromatic carbocycles. The van der Waals surface area contributed by atoms with Gasteiger partial charge in [0.25, 0.3) is 0 Å². The van der Waals surface area contributed by atoms with Gasteiger partial charge in [0.15, 0.2) is 0 Å². The van der Waals surface area contributed by atoms with Gasteiger partial charge in [0.1, 0.15) is 0 Å². The van der Waals surface area contributed by atoms with Crippen LogP contribution < -0.4 is 5.32 Å². The van der Waals surface area contributed by atoms with Crippen LogP contribution in [-0.4, -0.2) is 47.9 Å². The number of thiophene rings is 1. The fraction of sp³-hybridized carbons (Fsp3) is 0.667. The van der Waals surface area contributed by atoms with Gasteiger partial charge in [-0.3, -0.25) is 4.79 Å². The summed E-state index contributed by atoms with van der Waals surface area (Å²) in [4.78, 5) is 29.8. The number of rotatable bonds is 4. The van der Waals surface area contributed by atoms with E-state index in [0.717, 1.165) is 24.4 Å². The predicted molar refractivity (Wildman–Crippen MR) is 95.9 cm³/mol. The predicted octanol–water partition coefficient (Wildman–Crippen LogP) is 3.07. The van der Waals surface area contributed by atoms with Crippen LogP contribution in [0.5, 0.6) is 0 Å². The van der Waals surface area contributed by atoms with Crippen molar-refractivity contribution < 1.29 is 9.59 Å². The summed E-state index contributed by atoms with van der Waals surface area (Å²) >= 11 is 1.65. The van der Waals surface area contributed by atoms with Gasteiger partial charge in [-0.05, 0) is 36.6 Å². The monoisotopic (exact) mass is 349 g/mol. The number of amides is 3. The van der Waals surface area contributed by atoms with Crippen molar-refractivity contribution in [3.05, 3.63) is 22.4 Å². The molecule has 1 N–H and O–H groups in total. The van der Waals surface area contributed by atoms with Crippen molar-refractivity contribution >= 4 is 23.3 Å². The highest BCUT2D eigenvalue weighted by atomic mass is 32.1. The third kappa shape index (κ3) is 4.72. The Kier molecular flexibility index (Phi) is 6.12. The zero-order chi connectivity index (χ0) is 16.8. The Balaban J connectivity index is 1.43. The zero-order valence-electron chi connectivity index (χ0n) is 14.2. The van der Waals surface area contributed by atoms with Gasteiger partial charge in [-0.15, -0.1) is 11.3 Å². The molecule has 6 heteroatoms. The fourth-order valence-electron chi connectivity index (χ4n) is 3.65. The van der Waals surface area contributed by atoms with E-state index >= 15 is 0 Å². The number of hydrogen-bond acceptors (Lipinski definition) is 3. The molecule has 3 amide bonds. The highest BCUT2D eigenvalue weighted by Gasteiger charge is 2.25. The summed E-state index contributed by atoms with van der Waals surface area (Å²) in [5, 5.41) is 4.99. The molecule has 1 aromatic heterocycles. The van der Waals surface area contributed by atoms with E-state index in [0.29, 0.717) is 32.0 Å². The fourth-order valence-corrected chi connectivity index (χ4v) is 4.29. The first kappa shape index (κ1) is 17.3. The molecule has 24 heavy (non-hydrogen) atoms. The topological polar surface area (TPSA) is 52.7 Å². The lowest BCUT2D eigenvalue weighted by molar-refractivity contribution is -0.132. The van der Waals surface area contributed by atoms with Crippen LogP contribution in [0.15, 0.2) is 17.5 Å². The minimum atomic E-state index is -0.0199. The Morgan fingerprint density at radius 3 is 2.58 bits per heavy atom.